The summed E-state index contributed by atoms with van der Waals surface area (Å²) in [5.74, 6) is 2.32. The van der Waals surface area contributed by atoms with Crippen molar-refractivity contribution in [3.05, 3.63) is 89.2 Å². The second kappa shape index (κ2) is 12.4. The Morgan fingerprint density at radius 1 is 1.00 bits per heavy atom. The van der Waals surface area contributed by atoms with E-state index in [-0.39, 0.29) is 18.6 Å². The SMILES string of the molecule is CCc1ccc(OCCCCn2c(C(C)NC(=O)COc3cc(C)ccc3C)nc3ccccc32)cc1. The summed E-state index contributed by atoms with van der Waals surface area (Å²) in [6.45, 7) is 9.53. The third-order valence-corrected chi connectivity index (χ3v) is 6.53. The van der Waals surface area contributed by atoms with Gasteiger partial charge in [-0.05, 0) is 87.1 Å². The van der Waals surface area contributed by atoms with Crippen LogP contribution in [0.1, 0.15) is 55.2 Å². The van der Waals surface area contributed by atoms with Crippen molar-refractivity contribution in [1.82, 2.24) is 14.9 Å². The normalized spacial score (nSPS) is 11.9. The maximum atomic E-state index is 12.7. The minimum absolute atomic E-state index is 0.0363. The molecule has 1 unspecified atom stereocenters. The molecule has 0 spiro atoms. The van der Waals surface area contributed by atoms with E-state index >= 15 is 0 Å². The molecule has 0 aliphatic rings. The van der Waals surface area contributed by atoms with Crippen molar-refractivity contribution >= 4 is 16.9 Å². The first-order valence-electron chi connectivity index (χ1n) is 13.1. The lowest BCUT2D eigenvalue weighted by Crippen LogP contribution is -2.32. The van der Waals surface area contributed by atoms with Crippen molar-refractivity contribution in [2.45, 2.75) is 59.5 Å². The number of hydrogen-bond acceptors (Lipinski definition) is 4. The van der Waals surface area contributed by atoms with Crippen LogP contribution in [0.2, 0.25) is 0 Å². The predicted octanol–water partition coefficient (Wildman–Crippen LogP) is 6.33. The number of aryl methyl sites for hydroxylation is 4. The number of nitrogens with zero attached hydrogens (tertiary/aromatic N) is 2. The molecule has 1 aromatic heterocycles. The van der Waals surface area contributed by atoms with E-state index in [0.717, 1.165) is 65.3 Å². The predicted molar refractivity (Wildman–Crippen MR) is 148 cm³/mol. The van der Waals surface area contributed by atoms with E-state index in [2.05, 4.69) is 35.0 Å². The molecule has 37 heavy (non-hydrogen) atoms. The number of hydrogen-bond donors (Lipinski definition) is 1. The van der Waals surface area contributed by atoms with Crippen LogP contribution >= 0.6 is 0 Å². The second-order valence-electron chi connectivity index (χ2n) is 9.51. The Bertz CT molecular complexity index is 1330. The number of carbonyl (C=O) groups excluding carboxylic acids is 1. The van der Waals surface area contributed by atoms with Crippen molar-refractivity contribution in [1.29, 1.82) is 0 Å². The minimum Gasteiger partial charge on any atom is -0.494 e. The fourth-order valence-electron chi connectivity index (χ4n) is 4.40. The van der Waals surface area contributed by atoms with Gasteiger partial charge < -0.3 is 19.4 Å². The van der Waals surface area contributed by atoms with E-state index in [0.29, 0.717) is 6.61 Å². The average molecular weight is 500 g/mol. The number of carbonyl (C=O) groups is 1. The Balaban J connectivity index is 1.34. The molecule has 4 rings (SSSR count). The Kier molecular flexibility index (Phi) is 8.83. The van der Waals surface area contributed by atoms with E-state index in [1.807, 2.05) is 69.3 Å². The third kappa shape index (κ3) is 6.91. The molecule has 0 aliphatic carbocycles. The number of para-hydroxylation sites is 2. The summed E-state index contributed by atoms with van der Waals surface area (Å²) >= 11 is 0. The van der Waals surface area contributed by atoms with Crippen LogP contribution in [-0.2, 0) is 17.8 Å². The van der Waals surface area contributed by atoms with Crippen molar-refractivity contribution in [3.63, 3.8) is 0 Å². The van der Waals surface area contributed by atoms with Gasteiger partial charge in [-0.2, -0.15) is 0 Å². The van der Waals surface area contributed by atoms with Gasteiger partial charge in [0.2, 0.25) is 0 Å². The van der Waals surface area contributed by atoms with Gasteiger partial charge >= 0.3 is 0 Å². The van der Waals surface area contributed by atoms with Crippen LogP contribution in [0.5, 0.6) is 11.5 Å². The lowest BCUT2D eigenvalue weighted by molar-refractivity contribution is -0.123. The summed E-state index contributed by atoms with van der Waals surface area (Å²) in [7, 11) is 0. The van der Waals surface area contributed by atoms with Crippen molar-refractivity contribution in [2.75, 3.05) is 13.2 Å². The molecule has 3 aromatic carbocycles. The zero-order valence-corrected chi connectivity index (χ0v) is 22.3. The van der Waals surface area contributed by atoms with Crippen LogP contribution in [0.15, 0.2) is 66.7 Å². The molecule has 6 heteroatoms. The molecule has 1 amide bonds. The summed E-state index contributed by atoms with van der Waals surface area (Å²) in [5.41, 5.74) is 5.42. The lowest BCUT2D eigenvalue weighted by atomic mass is 10.1. The van der Waals surface area contributed by atoms with Crippen molar-refractivity contribution in [3.8, 4) is 11.5 Å². The summed E-state index contributed by atoms with van der Waals surface area (Å²) in [5, 5.41) is 3.06. The zero-order chi connectivity index (χ0) is 26.2. The van der Waals surface area contributed by atoms with Crippen LogP contribution in [0, 0.1) is 13.8 Å². The highest BCUT2D eigenvalue weighted by atomic mass is 16.5. The van der Waals surface area contributed by atoms with E-state index < -0.39 is 0 Å². The summed E-state index contributed by atoms with van der Waals surface area (Å²) in [6.07, 6.45) is 2.89. The molecular weight excluding hydrogens is 462 g/mol. The molecule has 0 fully saturated rings. The van der Waals surface area contributed by atoms with Gasteiger partial charge in [0.25, 0.3) is 5.91 Å². The number of nitrogens with one attached hydrogen (secondary N) is 1. The van der Waals surface area contributed by atoms with Gasteiger partial charge in [0.05, 0.1) is 23.7 Å². The van der Waals surface area contributed by atoms with Gasteiger partial charge in [0.1, 0.15) is 17.3 Å². The number of fused-ring (bicyclic) bond motifs is 1. The summed E-state index contributed by atoms with van der Waals surface area (Å²) in [4.78, 5) is 17.6. The molecule has 1 N–H and O–H groups in total. The Hall–Kier alpha value is -3.80. The Labute approximate surface area is 219 Å². The van der Waals surface area contributed by atoms with Gasteiger partial charge in [-0.3, -0.25) is 4.79 Å². The molecule has 0 bridgehead atoms. The highest BCUT2D eigenvalue weighted by Gasteiger charge is 2.18. The molecule has 0 saturated heterocycles. The lowest BCUT2D eigenvalue weighted by Gasteiger charge is -2.17. The fraction of sp³-hybridized carbons (Fsp3) is 0.355. The molecule has 0 radical (unpaired) electrons. The molecule has 0 saturated carbocycles. The highest BCUT2D eigenvalue weighted by molar-refractivity contribution is 5.79. The van der Waals surface area contributed by atoms with E-state index in [1.54, 1.807) is 0 Å². The van der Waals surface area contributed by atoms with E-state index in [1.165, 1.54) is 5.56 Å². The summed E-state index contributed by atoms with van der Waals surface area (Å²) < 4.78 is 13.9. The molecule has 6 nitrogen and oxygen atoms in total. The number of aromatic nitrogens is 2. The maximum absolute atomic E-state index is 12.7. The number of rotatable bonds is 12. The molecule has 1 atom stereocenters. The maximum Gasteiger partial charge on any atom is 0.258 e. The summed E-state index contributed by atoms with van der Waals surface area (Å²) in [6, 6.07) is 22.1. The fourth-order valence-corrected chi connectivity index (χ4v) is 4.40. The van der Waals surface area contributed by atoms with Crippen LogP contribution in [0.25, 0.3) is 11.0 Å². The smallest absolute Gasteiger partial charge is 0.258 e. The Morgan fingerprint density at radius 3 is 2.57 bits per heavy atom. The molecule has 4 aromatic rings. The number of ether oxygens (including phenoxy) is 2. The molecule has 1 heterocycles. The number of imidazole rings is 1. The monoisotopic (exact) mass is 499 g/mol. The van der Waals surface area contributed by atoms with Crippen LogP contribution in [0.3, 0.4) is 0 Å². The standard InChI is InChI=1S/C31H37N3O3/c1-5-25-14-16-26(17-15-25)36-19-9-8-18-34-28-11-7-6-10-27(28)33-31(34)24(4)32-30(35)21-37-29-20-22(2)12-13-23(29)3/h6-7,10-17,20,24H,5,8-9,18-19,21H2,1-4H3,(H,32,35). The minimum atomic E-state index is -0.254. The van der Waals surface area contributed by atoms with E-state index in [4.69, 9.17) is 14.5 Å². The van der Waals surface area contributed by atoms with Crippen LogP contribution < -0.4 is 14.8 Å². The first kappa shape index (κ1) is 26.3. The van der Waals surface area contributed by atoms with Gasteiger partial charge in [0.15, 0.2) is 6.61 Å². The quantitative estimate of drug-likeness (QED) is 0.231. The number of amides is 1. The van der Waals surface area contributed by atoms with Gasteiger partial charge in [-0.1, -0.05) is 43.3 Å². The van der Waals surface area contributed by atoms with Crippen molar-refractivity contribution in [2.24, 2.45) is 0 Å². The van der Waals surface area contributed by atoms with Gasteiger partial charge in [-0.25, -0.2) is 4.98 Å². The number of unbranched alkanes of at least 4 members (excludes halogenated alkanes) is 1. The number of benzene rings is 3. The van der Waals surface area contributed by atoms with Crippen molar-refractivity contribution < 1.29 is 14.3 Å². The topological polar surface area (TPSA) is 65.4 Å². The Morgan fingerprint density at radius 2 is 1.78 bits per heavy atom. The van der Waals surface area contributed by atoms with Crippen LogP contribution in [0.4, 0.5) is 0 Å². The van der Waals surface area contributed by atoms with E-state index in [9.17, 15) is 4.79 Å². The molecule has 0 aliphatic heterocycles. The average Bonchev–Trinajstić information content (AvgIpc) is 3.28. The largest absolute Gasteiger partial charge is 0.494 e. The van der Waals surface area contributed by atoms with Gasteiger partial charge in [-0.15, -0.1) is 0 Å². The zero-order valence-electron chi connectivity index (χ0n) is 22.3. The van der Waals surface area contributed by atoms with Crippen LogP contribution in [-0.4, -0.2) is 28.7 Å². The molecule has 194 valence electrons. The first-order chi connectivity index (χ1) is 17.9. The second-order valence-corrected chi connectivity index (χ2v) is 9.51. The highest BCUT2D eigenvalue weighted by Crippen LogP contribution is 2.23. The first-order valence-corrected chi connectivity index (χ1v) is 13.1. The van der Waals surface area contributed by atoms with Gasteiger partial charge in [0, 0.05) is 6.54 Å². The molecular formula is C31H37N3O3. The third-order valence-electron chi connectivity index (χ3n) is 6.53.